The van der Waals surface area contributed by atoms with Crippen molar-refractivity contribution in [2.45, 2.75) is 37.7 Å². The molecule has 0 amide bonds. The Kier molecular flexibility index (Phi) is 4.66. The number of piperidine rings is 1. The van der Waals surface area contributed by atoms with Gasteiger partial charge in [0.05, 0.1) is 11.6 Å². The van der Waals surface area contributed by atoms with Gasteiger partial charge < -0.3 is 4.74 Å². The molecule has 0 bridgehead atoms. The van der Waals surface area contributed by atoms with E-state index in [2.05, 4.69) is 4.98 Å². The molecule has 1 fully saturated rings. The van der Waals surface area contributed by atoms with Crippen molar-refractivity contribution in [3.63, 3.8) is 0 Å². The molecule has 1 saturated heterocycles. The zero-order valence-corrected chi connectivity index (χ0v) is 14.3. The topological polar surface area (TPSA) is 59.5 Å². The highest BCUT2D eigenvalue weighted by Gasteiger charge is 2.31. The van der Waals surface area contributed by atoms with Gasteiger partial charge in [-0.3, -0.25) is 4.98 Å². The molecule has 23 heavy (non-hydrogen) atoms. The largest absolute Gasteiger partial charge is 0.377 e. The van der Waals surface area contributed by atoms with E-state index in [-0.39, 0.29) is 11.0 Å². The third-order valence-electron chi connectivity index (χ3n) is 4.18. The summed E-state index contributed by atoms with van der Waals surface area (Å²) in [4.78, 5) is 4.74. The first kappa shape index (κ1) is 16.4. The van der Waals surface area contributed by atoms with Gasteiger partial charge in [0.2, 0.25) is 10.0 Å². The third kappa shape index (κ3) is 3.24. The van der Waals surface area contributed by atoms with Crippen LogP contribution in [-0.2, 0) is 14.8 Å². The Morgan fingerprint density at radius 3 is 2.91 bits per heavy atom. The molecule has 5 nitrogen and oxygen atoms in total. The van der Waals surface area contributed by atoms with Crippen molar-refractivity contribution in [1.82, 2.24) is 9.29 Å². The zero-order valence-electron chi connectivity index (χ0n) is 13.5. The molecule has 0 N–H and O–H groups in total. The quantitative estimate of drug-likeness (QED) is 0.862. The van der Waals surface area contributed by atoms with Crippen molar-refractivity contribution in [2.75, 3.05) is 19.7 Å². The fourth-order valence-electron chi connectivity index (χ4n) is 3.06. The van der Waals surface area contributed by atoms with Crippen molar-refractivity contribution < 1.29 is 13.2 Å². The van der Waals surface area contributed by atoms with Gasteiger partial charge in [-0.05, 0) is 38.8 Å². The van der Waals surface area contributed by atoms with E-state index in [1.165, 1.54) is 4.31 Å². The Morgan fingerprint density at radius 1 is 1.30 bits per heavy atom. The highest BCUT2D eigenvalue weighted by atomic mass is 32.2. The Bertz CT molecular complexity index is 803. The molecule has 0 aliphatic carbocycles. The molecule has 0 saturated carbocycles. The fourth-order valence-corrected chi connectivity index (χ4v) is 4.73. The Balaban J connectivity index is 2.01. The predicted molar refractivity (Wildman–Crippen MR) is 89.9 cm³/mol. The second-order valence-corrected chi connectivity index (χ2v) is 7.77. The molecule has 0 radical (unpaired) electrons. The number of fused-ring (bicyclic) bond motifs is 1. The van der Waals surface area contributed by atoms with Crippen LogP contribution in [-0.4, -0.2) is 43.5 Å². The maximum atomic E-state index is 13.1. The Morgan fingerprint density at radius 2 is 2.13 bits per heavy atom. The zero-order chi connectivity index (χ0) is 16.4. The van der Waals surface area contributed by atoms with E-state index in [0.717, 1.165) is 23.9 Å². The van der Waals surface area contributed by atoms with Gasteiger partial charge >= 0.3 is 0 Å². The predicted octanol–water partition coefficient (Wildman–Crippen LogP) is 2.73. The third-order valence-corrected chi connectivity index (χ3v) is 6.08. The first-order valence-electron chi connectivity index (χ1n) is 8.00. The van der Waals surface area contributed by atoms with Crippen LogP contribution in [0.2, 0.25) is 0 Å². The van der Waals surface area contributed by atoms with Crippen molar-refractivity contribution in [1.29, 1.82) is 0 Å². The van der Waals surface area contributed by atoms with E-state index in [0.29, 0.717) is 25.2 Å². The van der Waals surface area contributed by atoms with E-state index < -0.39 is 10.0 Å². The van der Waals surface area contributed by atoms with Crippen LogP contribution in [0.1, 0.15) is 25.5 Å². The van der Waals surface area contributed by atoms with Gasteiger partial charge in [0.25, 0.3) is 0 Å². The van der Waals surface area contributed by atoms with Crippen molar-refractivity contribution in [3.05, 3.63) is 36.0 Å². The summed E-state index contributed by atoms with van der Waals surface area (Å²) in [6, 6.07) is 9.12. The lowest BCUT2D eigenvalue weighted by molar-refractivity contribution is 0.0265. The van der Waals surface area contributed by atoms with Crippen LogP contribution in [0.4, 0.5) is 0 Å². The summed E-state index contributed by atoms with van der Waals surface area (Å²) >= 11 is 0. The van der Waals surface area contributed by atoms with E-state index >= 15 is 0 Å². The smallest absolute Gasteiger partial charge is 0.245 e. The molecule has 1 aliphatic heterocycles. The van der Waals surface area contributed by atoms with Crippen LogP contribution in [0.15, 0.2) is 35.2 Å². The van der Waals surface area contributed by atoms with Crippen molar-refractivity contribution in [2.24, 2.45) is 0 Å². The maximum Gasteiger partial charge on any atom is 0.245 e. The van der Waals surface area contributed by atoms with Gasteiger partial charge in [-0.15, -0.1) is 0 Å². The fraction of sp³-hybridized carbons (Fsp3) is 0.471. The first-order valence-corrected chi connectivity index (χ1v) is 9.44. The van der Waals surface area contributed by atoms with Crippen LogP contribution >= 0.6 is 0 Å². The maximum absolute atomic E-state index is 13.1. The van der Waals surface area contributed by atoms with Crippen LogP contribution in [0.25, 0.3) is 10.9 Å². The Hall–Kier alpha value is -1.50. The number of benzene rings is 1. The highest BCUT2D eigenvalue weighted by Crippen LogP contribution is 2.27. The minimum Gasteiger partial charge on any atom is -0.377 e. The molecule has 1 aromatic carbocycles. The van der Waals surface area contributed by atoms with Gasteiger partial charge in [0.1, 0.15) is 4.90 Å². The minimum atomic E-state index is -3.57. The molecule has 1 aromatic heterocycles. The highest BCUT2D eigenvalue weighted by molar-refractivity contribution is 7.89. The normalized spacial score (nSPS) is 20.0. The lowest BCUT2D eigenvalue weighted by Gasteiger charge is -2.31. The van der Waals surface area contributed by atoms with Gasteiger partial charge in [-0.2, -0.15) is 4.31 Å². The number of sulfonamides is 1. The number of aromatic nitrogens is 1. The summed E-state index contributed by atoms with van der Waals surface area (Å²) in [7, 11) is -3.57. The average molecular weight is 334 g/mol. The summed E-state index contributed by atoms with van der Waals surface area (Å²) in [6.07, 6.45) is 1.71. The summed E-state index contributed by atoms with van der Waals surface area (Å²) < 4.78 is 33.4. The molecule has 0 unspecified atom stereocenters. The van der Waals surface area contributed by atoms with Gasteiger partial charge in [0.15, 0.2) is 0 Å². The molecule has 6 heteroatoms. The van der Waals surface area contributed by atoms with Crippen molar-refractivity contribution >= 4 is 20.9 Å². The van der Waals surface area contributed by atoms with E-state index in [4.69, 9.17) is 4.74 Å². The number of rotatable bonds is 4. The Labute approximate surface area is 137 Å². The van der Waals surface area contributed by atoms with Crippen LogP contribution in [0.3, 0.4) is 0 Å². The molecular formula is C17H22N2O3S. The van der Waals surface area contributed by atoms with Gasteiger partial charge in [-0.25, -0.2) is 8.42 Å². The number of nitrogens with zero attached hydrogens (tertiary/aromatic N) is 2. The second-order valence-electron chi connectivity index (χ2n) is 5.86. The van der Waals surface area contributed by atoms with Gasteiger partial charge in [-0.1, -0.05) is 18.2 Å². The van der Waals surface area contributed by atoms with Gasteiger partial charge in [0, 0.05) is 30.8 Å². The summed E-state index contributed by atoms with van der Waals surface area (Å²) in [5, 5.41) is 0.843. The molecule has 1 atom stereocenters. The SMILES string of the molecule is CCO[C@H]1CCCN(S(=O)(=O)c2cccc3ccc(C)nc23)C1. The molecular weight excluding hydrogens is 312 g/mol. The summed E-state index contributed by atoms with van der Waals surface area (Å²) in [6.45, 7) is 5.36. The molecule has 3 rings (SSSR count). The number of hydrogen-bond donors (Lipinski definition) is 0. The van der Waals surface area contributed by atoms with Crippen LogP contribution in [0, 0.1) is 6.92 Å². The molecule has 1 aliphatic rings. The average Bonchev–Trinajstić information content (AvgIpc) is 2.54. The number of para-hydroxylation sites is 1. The monoisotopic (exact) mass is 334 g/mol. The molecule has 2 aromatic rings. The number of hydrogen-bond acceptors (Lipinski definition) is 4. The van der Waals surface area contributed by atoms with Crippen LogP contribution < -0.4 is 0 Å². The van der Waals surface area contributed by atoms with E-state index in [1.807, 2.05) is 32.0 Å². The number of ether oxygens (including phenoxy) is 1. The summed E-state index contributed by atoms with van der Waals surface area (Å²) in [5.41, 5.74) is 1.36. The van der Waals surface area contributed by atoms with E-state index in [9.17, 15) is 8.42 Å². The minimum absolute atomic E-state index is 0.0202. The lowest BCUT2D eigenvalue weighted by Crippen LogP contribution is -2.43. The first-order chi connectivity index (χ1) is 11.0. The molecule has 2 heterocycles. The molecule has 0 spiro atoms. The summed E-state index contributed by atoms with van der Waals surface area (Å²) in [5.74, 6) is 0. The van der Waals surface area contributed by atoms with Crippen LogP contribution in [0.5, 0.6) is 0 Å². The second kappa shape index (κ2) is 6.55. The number of pyridine rings is 1. The van der Waals surface area contributed by atoms with E-state index in [1.54, 1.807) is 12.1 Å². The molecule has 124 valence electrons. The standard InChI is InChI=1S/C17H22N2O3S/c1-3-22-15-7-5-11-19(12-15)23(20,21)16-8-4-6-14-10-9-13(2)18-17(14)16/h4,6,8-10,15H,3,5,7,11-12H2,1-2H3/t15-/m0/s1. The van der Waals surface area contributed by atoms with Crippen molar-refractivity contribution in [3.8, 4) is 0 Å². The lowest BCUT2D eigenvalue weighted by atomic mass is 10.1. The number of aryl methyl sites for hydroxylation is 1.